The molecule has 120 valence electrons. The molecule has 0 saturated carbocycles. The fraction of sp³-hybridized carbons (Fsp3) is 0.188. The number of hydrogen-bond donors (Lipinski definition) is 3. The molecule has 1 aliphatic rings. The molecular weight excluding hydrogens is 316 g/mol. The standard InChI is InChI=1S/C16H16N2O4S/c17-23(21,22)11-6-8-15(13(9-11)16(19)20)18-14-7-5-10-3-1-2-4-12(10)14/h1-4,6,8-9,14,18H,5,7H2,(H,19,20)(H2,17,21,22). The Bertz CT molecular complexity index is 877. The summed E-state index contributed by atoms with van der Waals surface area (Å²) in [6.45, 7) is 0. The molecule has 0 aliphatic heterocycles. The molecule has 1 atom stereocenters. The number of primary sulfonamides is 1. The molecule has 0 saturated heterocycles. The van der Waals surface area contributed by atoms with E-state index < -0.39 is 16.0 Å². The number of nitrogens with one attached hydrogen (secondary N) is 1. The first-order valence-electron chi connectivity index (χ1n) is 7.11. The summed E-state index contributed by atoms with van der Waals surface area (Å²) in [4.78, 5) is 11.2. The Morgan fingerprint density at radius 3 is 2.65 bits per heavy atom. The van der Waals surface area contributed by atoms with E-state index in [1.54, 1.807) is 0 Å². The number of rotatable bonds is 4. The van der Waals surface area contributed by atoms with Crippen molar-refractivity contribution in [3.63, 3.8) is 0 Å². The Kier molecular flexibility index (Phi) is 3.83. The molecule has 1 aliphatic carbocycles. The Morgan fingerprint density at radius 2 is 1.96 bits per heavy atom. The summed E-state index contributed by atoms with van der Waals surface area (Å²) in [6, 6.07) is 11.8. The number of carbonyl (C=O) groups is 1. The molecule has 1 unspecified atom stereocenters. The fourth-order valence-electron chi connectivity index (χ4n) is 2.90. The summed E-state index contributed by atoms with van der Waals surface area (Å²) < 4.78 is 22.8. The summed E-state index contributed by atoms with van der Waals surface area (Å²) in [6.07, 6.45) is 1.78. The van der Waals surface area contributed by atoms with Crippen LogP contribution in [0.4, 0.5) is 5.69 Å². The second-order valence-corrected chi connectivity index (χ2v) is 7.05. The van der Waals surface area contributed by atoms with Crippen molar-refractivity contribution in [2.24, 2.45) is 5.14 Å². The lowest BCUT2D eigenvalue weighted by Crippen LogP contribution is -2.15. The van der Waals surface area contributed by atoms with Crippen molar-refractivity contribution in [3.05, 3.63) is 59.2 Å². The minimum atomic E-state index is -3.94. The van der Waals surface area contributed by atoms with Gasteiger partial charge in [-0.1, -0.05) is 24.3 Å². The molecule has 3 rings (SSSR count). The van der Waals surface area contributed by atoms with Crippen molar-refractivity contribution >= 4 is 21.7 Å². The predicted molar refractivity (Wildman–Crippen MR) is 85.9 cm³/mol. The van der Waals surface area contributed by atoms with Crippen LogP contribution in [-0.2, 0) is 16.4 Å². The van der Waals surface area contributed by atoms with E-state index in [4.69, 9.17) is 5.14 Å². The molecule has 0 spiro atoms. The van der Waals surface area contributed by atoms with E-state index in [2.05, 4.69) is 11.4 Å². The van der Waals surface area contributed by atoms with Gasteiger partial charge in [-0.25, -0.2) is 18.4 Å². The third-order valence-electron chi connectivity index (χ3n) is 4.01. The van der Waals surface area contributed by atoms with E-state index in [-0.39, 0.29) is 16.5 Å². The van der Waals surface area contributed by atoms with Crippen LogP contribution < -0.4 is 10.5 Å². The molecule has 0 amide bonds. The zero-order valence-corrected chi connectivity index (χ0v) is 13.0. The van der Waals surface area contributed by atoms with E-state index in [0.29, 0.717) is 5.69 Å². The number of benzene rings is 2. The summed E-state index contributed by atoms with van der Waals surface area (Å²) in [5.41, 5.74) is 2.65. The van der Waals surface area contributed by atoms with Gasteiger partial charge in [0.2, 0.25) is 10.0 Å². The van der Waals surface area contributed by atoms with Crippen molar-refractivity contribution in [1.29, 1.82) is 0 Å². The van der Waals surface area contributed by atoms with Gasteiger partial charge in [-0.05, 0) is 42.2 Å². The molecular formula is C16H16N2O4S. The van der Waals surface area contributed by atoms with Crippen LogP contribution in [0.15, 0.2) is 47.4 Å². The first kappa shape index (κ1) is 15.5. The molecule has 0 aromatic heterocycles. The number of carboxylic acids is 1. The average Bonchev–Trinajstić information content (AvgIpc) is 2.90. The SMILES string of the molecule is NS(=O)(=O)c1ccc(NC2CCc3ccccc32)c(C(=O)O)c1. The lowest BCUT2D eigenvalue weighted by atomic mass is 10.1. The minimum absolute atomic E-state index is 0.00429. The maximum absolute atomic E-state index is 11.4. The Balaban J connectivity index is 1.96. The summed E-state index contributed by atoms with van der Waals surface area (Å²) in [7, 11) is -3.94. The van der Waals surface area contributed by atoms with E-state index in [1.807, 2.05) is 18.2 Å². The van der Waals surface area contributed by atoms with E-state index in [0.717, 1.165) is 24.5 Å². The number of anilines is 1. The van der Waals surface area contributed by atoms with Gasteiger partial charge in [0.05, 0.1) is 16.5 Å². The molecule has 23 heavy (non-hydrogen) atoms. The number of nitrogens with two attached hydrogens (primary N) is 1. The van der Waals surface area contributed by atoms with Crippen molar-refractivity contribution in [3.8, 4) is 0 Å². The van der Waals surface area contributed by atoms with Gasteiger partial charge in [0.1, 0.15) is 0 Å². The van der Waals surface area contributed by atoms with Crippen LogP contribution in [0.3, 0.4) is 0 Å². The van der Waals surface area contributed by atoms with Gasteiger partial charge in [0.15, 0.2) is 0 Å². The second-order valence-electron chi connectivity index (χ2n) is 5.49. The summed E-state index contributed by atoms with van der Waals surface area (Å²) in [5.74, 6) is -1.20. The largest absolute Gasteiger partial charge is 0.478 e. The van der Waals surface area contributed by atoms with Crippen LogP contribution >= 0.6 is 0 Å². The highest BCUT2D eigenvalue weighted by atomic mass is 32.2. The molecule has 4 N–H and O–H groups in total. The van der Waals surface area contributed by atoms with Crippen LogP contribution in [-0.4, -0.2) is 19.5 Å². The highest BCUT2D eigenvalue weighted by Gasteiger charge is 2.24. The lowest BCUT2D eigenvalue weighted by molar-refractivity contribution is 0.0697. The molecule has 2 aromatic carbocycles. The fourth-order valence-corrected chi connectivity index (χ4v) is 3.44. The molecule has 0 fully saturated rings. The number of carboxylic acid groups (broad SMARTS) is 1. The van der Waals surface area contributed by atoms with Crippen molar-refractivity contribution in [2.45, 2.75) is 23.8 Å². The average molecular weight is 332 g/mol. The maximum atomic E-state index is 11.4. The van der Waals surface area contributed by atoms with Crippen LogP contribution in [0.5, 0.6) is 0 Å². The monoisotopic (exact) mass is 332 g/mol. The number of sulfonamides is 1. The lowest BCUT2D eigenvalue weighted by Gasteiger charge is -2.17. The Morgan fingerprint density at radius 1 is 1.22 bits per heavy atom. The first-order chi connectivity index (χ1) is 10.9. The smallest absolute Gasteiger partial charge is 0.337 e. The highest BCUT2D eigenvalue weighted by Crippen LogP contribution is 2.34. The third-order valence-corrected chi connectivity index (χ3v) is 4.92. The van der Waals surface area contributed by atoms with Crippen molar-refractivity contribution < 1.29 is 18.3 Å². The summed E-state index contributed by atoms with van der Waals surface area (Å²) in [5, 5.41) is 17.6. The zero-order valence-electron chi connectivity index (χ0n) is 12.2. The van der Waals surface area contributed by atoms with Gasteiger partial charge in [0.25, 0.3) is 0 Å². The third kappa shape index (κ3) is 3.06. The molecule has 0 bridgehead atoms. The van der Waals surface area contributed by atoms with E-state index >= 15 is 0 Å². The highest BCUT2D eigenvalue weighted by molar-refractivity contribution is 7.89. The number of aromatic carboxylic acids is 1. The van der Waals surface area contributed by atoms with Gasteiger partial charge in [-0.15, -0.1) is 0 Å². The van der Waals surface area contributed by atoms with Crippen LogP contribution in [0.1, 0.15) is 33.9 Å². The van der Waals surface area contributed by atoms with Crippen molar-refractivity contribution in [2.75, 3.05) is 5.32 Å². The van der Waals surface area contributed by atoms with Crippen LogP contribution in [0.25, 0.3) is 0 Å². The Labute approximate surface area is 134 Å². The van der Waals surface area contributed by atoms with Gasteiger partial charge in [0, 0.05) is 5.69 Å². The topological polar surface area (TPSA) is 109 Å². The zero-order chi connectivity index (χ0) is 16.6. The van der Waals surface area contributed by atoms with Gasteiger partial charge < -0.3 is 10.4 Å². The molecule has 7 heteroatoms. The van der Waals surface area contributed by atoms with E-state index in [1.165, 1.54) is 17.7 Å². The first-order valence-corrected chi connectivity index (χ1v) is 8.65. The second kappa shape index (κ2) is 5.68. The molecule has 0 heterocycles. The van der Waals surface area contributed by atoms with Gasteiger partial charge >= 0.3 is 5.97 Å². The summed E-state index contributed by atoms with van der Waals surface area (Å²) >= 11 is 0. The minimum Gasteiger partial charge on any atom is -0.478 e. The predicted octanol–water partition coefficient (Wildman–Crippen LogP) is 2.13. The Hall–Kier alpha value is -2.38. The van der Waals surface area contributed by atoms with Gasteiger partial charge in [-0.2, -0.15) is 0 Å². The van der Waals surface area contributed by atoms with E-state index in [9.17, 15) is 18.3 Å². The quantitative estimate of drug-likeness (QED) is 0.794. The molecule has 2 aromatic rings. The maximum Gasteiger partial charge on any atom is 0.337 e. The number of hydrogen-bond acceptors (Lipinski definition) is 4. The molecule has 0 radical (unpaired) electrons. The number of fused-ring (bicyclic) bond motifs is 1. The van der Waals surface area contributed by atoms with Crippen molar-refractivity contribution in [1.82, 2.24) is 0 Å². The van der Waals surface area contributed by atoms with Crippen LogP contribution in [0, 0.1) is 0 Å². The van der Waals surface area contributed by atoms with Crippen LogP contribution in [0.2, 0.25) is 0 Å². The van der Waals surface area contributed by atoms with Gasteiger partial charge in [-0.3, -0.25) is 0 Å². The molecule has 6 nitrogen and oxygen atoms in total. The normalized spacial score (nSPS) is 16.8. The number of aryl methyl sites for hydroxylation is 1.